The van der Waals surface area contributed by atoms with Crippen molar-refractivity contribution in [1.82, 2.24) is 8.87 Å². The number of carbonyl (C=O) groups excluding carboxylic acids is 1. The van der Waals surface area contributed by atoms with Crippen molar-refractivity contribution in [2.24, 2.45) is 0 Å². The monoisotopic (exact) mass is 493 g/mol. The Morgan fingerprint density at radius 3 is 2.50 bits per heavy atom. The number of halogens is 1. The van der Waals surface area contributed by atoms with Crippen LogP contribution in [-0.2, 0) is 10.0 Å². The molecule has 10 heteroatoms. The van der Waals surface area contributed by atoms with Crippen molar-refractivity contribution in [3.8, 4) is 0 Å². The molecule has 2 heterocycles. The van der Waals surface area contributed by atoms with Gasteiger partial charge in [-0.05, 0) is 63.1 Å². The molecule has 1 aromatic heterocycles. The first-order valence-corrected chi connectivity index (χ1v) is 13.1. The summed E-state index contributed by atoms with van der Waals surface area (Å²) in [4.78, 5) is 25.2. The van der Waals surface area contributed by atoms with Crippen LogP contribution >= 0.6 is 22.9 Å². The summed E-state index contributed by atoms with van der Waals surface area (Å²) in [5.41, 5.74) is 1.39. The van der Waals surface area contributed by atoms with E-state index < -0.39 is 15.9 Å². The van der Waals surface area contributed by atoms with Crippen LogP contribution in [0.4, 0.5) is 5.69 Å². The highest BCUT2D eigenvalue weighted by Gasteiger charge is 2.27. The van der Waals surface area contributed by atoms with E-state index >= 15 is 0 Å². The molecule has 3 aromatic rings. The topological polar surface area (TPSA) is 88.5 Å². The number of hydrogen-bond donors (Lipinski definition) is 1. The summed E-state index contributed by atoms with van der Waals surface area (Å²) in [6.45, 7) is 4.84. The summed E-state index contributed by atoms with van der Waals surface area (Å²) >= 11 is 7.35. The van der Waals surface area contributed by atoms with Crippen LogP contribution in [0.15, 0.2) is 46.1 Å². The second-order valence-corrected chi connectivity index (χ2v) is 11.4. The predicted molar refractivity (Wildman–Crippen MR) is 128 cm³/mol. The van der Waals surface area contributed by atoms with Gasteiger partial charge in [0, 0.05) is 24.8 Å². The number of amides is 1. The summed E-state index contributed by atoms with van der Waals surface area (Å²) in [6, 6.07) is 9.47. The SMILES string of the molecule is CC(C)n1c(=O)sc2cc(NC(=O)c3cc(S(=O)(=O)N4CCCCC4)ccc3Cl)ccc21. The van der Waals surface area contributed by atoms with Gasteiger partial charge in [-0.3, -0.25) is 14.2 Å². The lowest BCUT2D eigenvalue weighted by Gasteiger charge is -2.26. The molecule has 1 N–H and O–H groups in total. The first kappa shape index (κ1) is 23.0. The molecule has 170 valence electrons. The van der Waals surface area contributed by atoms with E-state index in [2.05, 4.69) is 5.32 Å². The maximum atomic E-state index is 13.0. The molecule has 0 spiro atoms. The minimum Gasteiger partial charge on any atom is -0.322 e. The quantitative estimate of drug-likeness (QED) is 0.556. The van der Waals surface area contributed by atoms with Crippen molar-refractivity contribution in [2.45, 2.75) is 44.0 Å². The fourth-order valence-electron chi connectivity index (χ4n) is 3.89. The van der Waals surface area contributed by atoms with Gasteiger partial charge in [-0.25, -0.2) is 8.42 Å². The van der Waals surface area contributed by atoms with E-state index in [-0.39, 0.29) is 26.4 Å². The molecule has 1 fully saturated rings. The minimum absolute atomic E-state index is 0.0279. The van der Waals surface area contributed by atoms with Gasteiger partial charge >= 0.3 is 4.87 Å². The van der Waals surface area contributed by atoms with Crippen LogP contribution in [0.1, 0.15) is 49.5 Å². The summed E-state index contributed by atoms with van der Waals surface area (Å²) in [5.74, 6) is -0.513. The number of thiazole rings is 1. The molecule has 0 aliphatic carbocycles. The zero-order valence-electron chi connectivity index (χ0n) is 17.8. The number of fused-ring (bicyclic) bond motifs is 1. The van der Waals surface area contributed by atoms with Crippen LogP contribution in [-0.4, -0.2) is 36.3 Å². The largest absolute Gasteiger partial charge is 0.322 e. The Morgan fingerprint density at radius 1 is 1.09 bits per heavy atom. The molecule has 0 unspecified atom stereocenters. The van der Waals surface area contributed by atoms with E-state index in [1.165, 1.54) is 22.5 Å². The fraction of sp³-hybridized carbons (Fsp3) is 0.364. The number of aromatic nitrogens is 1. The van der Waals surface area contributed by atoms with Gasteiger partial charge in [0.2, 0.25) is 10.0 Å². The average Bonchev–Trinajstić information content (AvgIpc) is 3.09. The molecule has 4 rings (SSSR count). The second-order valence-electron chi connectivity index (χ2n) is 8.07. The number of hydrogen-bond acceptors (Lipinski definition) is 5. The lowest BCUT2D eigenvalue weighted by atomic mass is 10.2. The Morgan fingerprint density at radius 2 is 1.81 bits per heavy atom. The molecule has 0 atom stereocenters. The summed E-state index contributed by atoms with van der Waals surface area (Å²) in [7, 11) is -3.69. The van der Waals surface area contributed by atoms with Gasteiger partial charge in [-0.15, -0.1) is 0 Å². The van der Waals surface area contributed by atoms with Crippen LogP contribution < -0.4 is 10.2 Å². The van der Waals surface area contributed by atoms with Crippen molar-refractivity contribution < 1.29 is 13.2 Å². The highest BCUT2D eigenvalue weighted by Crippen LogP contribution is 2.27. The molecule has 0 bridgehead atoms. The average molecular weight is 494 g/mol. The molecule has 0 radical (unpaired) electrons. The summed E-state index contributed by atoms with van der Waals surface area (Å²) in [5, 5.41) is 2.93. The summed E-state index contributed by atoms with van der Waals surface area (Å²) < 4.78 is 29.9. The third kappa shape index (κ3) is 4.34. The van der Waals surface area contributed by atoms with Gasteiger partial charge in [0.25, 0.3) is 5.91 Å². The smallest absolute Gasteiger partial charge is 0.308 e. The maximum absolute atomic E-state index is 13.0. The van der Waals surface area contributed by atoms with Gasteiger partial charge in [-0.2, -0.15) is 4.31 Å². The number of nitrogens with zero attached hydrogens (tertiary/aromatic N) is 2. The Kier molecular flexibility index (Phi) is 6.44. The van der Waals surface area contributed by atoms with Gasteiger partial charge in [-0.1, -0.05) is 29.4 Å². The number of carbonyl (C=O) groups is 1. The van der Waals surface area contributed by atoms with E-state index in [0.717, 1.165) is 40.8 Å². The van der Waals surface area contributed by atoms with Crippen molar-refractivity contribution in [2.75, 3.05) is 18.4 Å². The molecule has 1 aliphatic rings. The van der Waals surface area contributed by atoms with Crippen LogP contribution in [0, 0.1) is 0 Å². The third-order valence-electron chi connectivity index (χ3n) is 5.52. The Bertz CT molecular complexity index is 1340. The number of nitrogens with one attached hydrogen (secondary N) is 1. The van der Waals surface area contributed by atoms with Crippen LogP contribution in [0.25, 0.3) is 10.2 Å². The molecular formula is C22H24ClN3O4S2. The molecule has 1 amide bonds. The second kappa shape index (κ2) is 8.97. The van der Waals surface area contributed by atoms with Crippen LogP contribution in [0.5, 0.6) is 0 Å². The van der Waals surface area contributed by atoms with E-state index in [0.29, 0.717) is 18.8 Å². The highest BCUT2D eigenvalue weighted by atomic mass is 35.5. The van der Waals surface area contributed by atoms with Crippen molar-refractivity contribution >= 4 is 54.8 Å². The Balaban J connectivity index is 1.62. The van der Waals surface area contributed by atoms with Crippen LogP contribution in [0.2, 0.25) is 5.02 Å². The van der Waals surface area contributed by atoms with Gasteiger partial charge in [0.05, 0.1) is 25.7 Å². The maximum Gasteiger partial charge on any atom is 0.308 e. The predicted octanol–water partition coefficient (Wildman–Crippen LogP) is 4.72. The molecule has 0 saturated carbocycles. The molecule has 2 aromatic carbocycles. The standard InChI is InChI=1S/C22H24ClN3O4S2/c1-14(2)26-19-9-6-15(12-20(19)31-22(26)28)24-21(27)17-13-16(7-8-18(17)23)32(29,30)25-10-4-3-5-11-25/h6-9,12-14H,3-5,10-11H2,1-2H3,(H,24,27). The first-order valence-electron chi connectivity index (χ1n) is 10.4. The van der Waals surface area contributed by atoms with E-state index in [1.54, 1.807) is 22.8 Å². The molecule has 1 aliphatic heterocycles. The first-order chi connectivity index (χ1) is 15.2. The Labute approximate surface area is 195 Å². The van der Waals surface area contributed by atoms with Gasteiger partial charge in [0.1, 0.15) is 0 Å². The Hall–Kier alpha value is -2.20. The molecule has 1 saturated heterocycles. The molecule has 32 heavy (non-hydrogen) atoms. The van der Waals surface area contributed by atoms with Crippen molar-refractivity contribution in [1.29, 1.82) is 0 Å². The van der Waals surface area contributed by atoms with Crippen LogP contribution in [0.3, 0.4) is 0 Å². The number of anilines is 1. The van der Waals surface area contributed by atoms with Crippen molar-refractivity contribution in [3.63, 3.8) is 0 Å². The third-order valence-corrected chi connectivity index (χ3v) is 8.67. The normalized spacial score (nSPS) is 15.4. The van der Waals surface area contributed by atoms with E-state index in [1.807, 2.05) is 13.8 Å². The highest BCUT2D eigenvalue weighted by molar-refractivity contribution is 7.89. The molecular weight excluding hydrogens is 470 g/mol. The minimum atomic E-state index is -3.69. The van der Waals surface area contributed by atoms with E-state index in [9.17, 15) is 18.0 Å². The fourth-order valence-corrected chi connectivity index (χ4v) is 6.69. The number of piperidine rings is 1. The number of benzene rings is 2. The lowest BCUT2D eigenvalue weighted by Crippen LogP contribution is -2.35. The lowest BCUT2D eigenvalue weighted by molar-refractivity contribution is 0.102. The van der Waals surface area contributed by atoms with Crippen molar-refractivity contribution in [3.05, 3.63) is 56.7 Å². The summed E-state index contributed by atoms with van der Waals surface area (Å²) in [6.07, 6.45) is 2.67. The van der Waals surface area contributed by atoms with Gasteiger partial charge in [0.15, 0.2) is 0 Å². The molecule has 7 nitrogen and oxygen atoms in total. The van der Waals surface area contributed by atoms with E-state index in [4.69, 9.17) is 11.6 Å². The zero-order chi connectivity index (χ0) is 23.0. The van der Waals surface area contributed by atoms with Gasteiger partial charge < -0.3 is 5.32 Å². The number of sulfonamides is 1. The number of rotatable bonds is 5. The zero-order valence-corrected chi connectivity index (χ0v) is 20.2.